The highest BCUT2D eigenvalue weighted by atomic mass is 16.3. The van der Waals surface area contributed by atoms with Gasteiger partial charge in [0.05, 0.1) is 6.10 Å². The minimum Gasteiger partial charge on any atom is -0.393 e. The zero-order valence-corrected chi connectivity index (χ0v) is 11.0. The highest BCUT2D eigenvalue weighted by Crippen LogP contribution is 2.06. The smallest absolute Gasteiger partial charge is 0.0512 e. The lowest BCUT2D eigenvalue weighted by Gasteiger charge is -2.26. The number of aliphatic hydroxyl groups excluding tert-OH is 1. The van der Waals surface area contributed by atoms with E-state index in [1.54, 1.807) is 0 Å². The van der Waals surface area contributed by atoms with Crippen LogP contribution in [0.25, 0.3) is 0 Å². The number of aliphatic hydroxyl groups is 1. The maximum atomic E-state index is 9.20. The summed E-state index contributed by atoms with van der Waals surface area (Å²) >= 11 is 0. The number of hydrogen-bond acceptors (Lipinski definition) is 2. The second kappa shape index (κ2) is 9.17. The summed E-state index contributed by atoms with van der Waals surface area (Å²) in [5, 5.41) is 9.20. The van der Waals surface area contributed by atoms with E-state index in [-0.39, 0.29) is 6.10 Å². The Labute approximate surface area is 95.7 Å². The van der Waals surface area contributed by atoms with Crippen molar-refractivity contribution in [2.24, 2.45) is 0 Å². The van der Waals surface area contributed by atoms with Gasteiger partial charge in [-0.1, -0.05) is 19.8 Å². The van der Waals surface area contributed by atoms with E-state index >= 15 is 0 Å². The molecular formula is C13H29NO. The molecule has 0 fully saturated rings. The minimum absolute atomic E-state index is 0.144. The van der Waals surface area contributed by atoms with Crippen molar-refractivity contribution in [3.63, 3.8) is 0 Å². The largest absolute Gasteiger partial charge is 0.393 e. The molecule has 0 amide bonds. The van der Waals surface area contributed by atoms with Crippen molar-refractivity contribution < 1.29 is 5.11 Å². The van der Waals surface area contributed by atoms with E-state index in [1.807, 2.05) is 6.92 Å². The molecule has 0 heterocycles. The molecule has 0 aliphatic heterocycles. The van der Waals surface area contributed by atoms with Crippen molar-refractivity contribution in [1.29, 1.82) is 0 Å². The van der Waals surface area contributed by atoms with Crippen LogP contribution in [-0.2, 0) is 0 Å². The fraction of sp³-hybridized carbons (Fsp3) is 1.00. The first-order chi connectivity index (χ1) is 7.07. The Morgan fingerprint density at radius 3 is 2.07 bits per heavy atom. The standard InChI is InChI=1S/C13H29NO/c1-5-6-7-10-14(12(2)3)11-8-9-13(4)15/h12-13,15H,5-11H2,1-4H3. The lowest BCUT2D eigenvalue weighted by molar-refractivity contribution is 0.160. The van der Waals surface area contributed by atoms with Crippen molar-refractivity contribution in [2.45, 2.75) is 71.9 Å². The van der Waals surface area contributed by atoms with Crippen LogP contribution in [0.4, 0.5) is 0 Å². The Morgan fingerprint density at radius 2 is 1.60 bits per heavy atom. The highest BCUT2D eigenvalue weighted by molar-refractivity contribution is 4.63. The topological polar surface area (TPSA) is 23.5 Å². The fourth-order valence-electron chi connectivity index (χ4n) is 1.78. The van der Waals surface area contributed by atoms with Crippen molar-refractivity contribution in [3.8, 4) is 0 Å². The molecule has 0 rings (SSSR count). The lowest BCUT2D eigenvalue weighted by Crippen LogP contribution is -2.33. The van der Waals surface area contributed by atoms with Crippen LogP contribution in [0.3, 0.4) is 0 Å². The molecule has 0 saturated carbocycles. The summed E-state index contributed by atoms with van der Waals surface area (Å²) < 4.78 is 0. The van der Waals surface area contributed by atoms with Crippen LogP contribution in [0.15, 0.2) is 0 Å². The summed E-state index contributed by atoms with van der Waals surface area (Å²) in [5.74, 6) is 0. The van der Waals surface area contributed by atoms with Crippen LogP contribution in [0, 0.1) is 0 Å². The Balaban J connectivity index is 3.64. The van der Waals surface area contributed by atoms with Crippen molar-refractivity contribution in [2.75, 3.05) is 13.1 Å². The summed E-state index contributed by atoms with van der Waals surface area (Å²) in [5.41, 5.74) is 0. The quantitative estimate of drug-likeness (QED) is 0.598. The summed E-state index contributed by atoms with van der Waals surface area (Å²) in [6.07, 6.45) is 5.83. The van der Waals surface area contributed by atoms with E-state index in [2.05, 4.69) is 25.7 Å². The van der Waals surface area contributed by atoms with Crippen LogP contribution >= 0.6 is 0 Å². The van der Waals surface area contributed by atoms with Gasteiger partial charge in [-0.15, -0.1) is 0 Å². The van der Waals surface area contributed by atoms with Crippen LogP contribution in [0.1, 0.15) is 59.8 Å². The third-order valence-corrected chi connectivity index (χ3v) is 2.85. The summed E-state index contributed by atoms with van der Waals surface area (Å²) in [6.45, 7) is 11.0. The van der Waals surface area contributed by atoms with Crippen LogP contribution < -0.4 is 0 Å². The number of nitrogens with zero attached hydrogens (tertiary/aromatic N) is 1. The summed E-state index contributed by atoms with van der Waals surface area (Å²) in [6, 6.07) is 0.635. The van der Waals surface area contributed by atoms with Gasteiger partial charge in [-0.3, -0.25) is 0 Å². The molecular weight excluding hydrogens is 186 g/mol. The zero-order chi connectivity index (χ0) is 11.7. The number of rotatable bonds is 9. The second-order valence-corrected chi connectivity index (χ2v) is 4.83. The van der Waals surface area contributed by atoms with Gasteiger partial charge in [-0.25, -0.2) is 0 Å². The molecule has 0 aliphatic rings. The molecule has 0 aromatic rings. The number of hydrogen-bond donors (Lipinski definition) is 1. The Morgan fingerprint density at radius 1 is 1.00 bits per heavy atom. The van der Waals surface area contributed by atoms with Gasteiger partial charge in [0.25, 0.3) is 0 Å². The van der Waals surface area contributed by atoms with Gasteiger partial charge in [0.2, 0.25) is 0 Å². The van der Waals surface area contributed by atoms with Crippen LogP contribution in [-0.4, -0.2) is 35.2 Å². The average molecular weight is 215 g/mol. The number of unbranched alkanes of at least 4 members (excludes halogenated alkanes) is 2. The van der Waals surface area contributed by atoms with Gasteiger partial charge in [0.15, 0.2) is 0 Å². The SMILES string of the molecule is CCCCCN(CCCC(C)O)C(C)C. The van der Waals surface area contributed by atoms with E-state index in [4.69, 9.17) is 0 Å². The minimum atomic E-state index is -0.144. The molecule has 0 saturated heterocycles. The van der Waals surface area contributed by atoms with Crippen molar-refractivity contribution >= 4 is 0 Å². The molecule has 1 unspecified atom stereocenters. The predicted octanol–water partition coefficient (Wildman–Crippen LogP) is 3.05. The first-order valence-electron chi connectivity index (χ1n) is 6.50. The summed E-state index contributed by atoms with van der Waals surface area (Å²) in [7, 11) is 0. The maximum absolute atomic E-state index is 9.20. The molecule has 1 N–H and O–H groups in total. The maximum Gasteiger partial charge on any atom is 0.0512 e. The van der Waals surface area contributed by atoms with Gasteiger partial charge in [0.1, 0.15) is 0 Å². The highest BCUT2D eigenvalue weighted by Gasteiger charge is 2.08. The molecule has 0 aromatic heterocycles. The monoisotopic (exact) mass is 215 g/mol. The van der Waals surface area contributed by atoms with Crippen LogP contribution in [0.5, 0.6) is 0 Å². The van der Waals surface area contributed by atoms with Crippen molar-refractivity contribution in [3.05, 3.63) is 0 Å². The Kier molecular flexibility index (Phi) is 9.12. The lowest BCUT2D eigenvalue weighted by atomic mass is 10.1. The Bertz CT molecular complexity index is 134. The molecule has 0 bridgehead atoms. The normalized spacial score (nSPS) is 13.8. The van der Waals surface area contributed by atoms with E-state index in [9.17, 15) is 5.11 Å². The average Bonchev–Trinajstić information content (AvgIpc) is 2.15. The van der Waals surface area contributed by atoms with Crippen LogP contribution in [0.2, 0.25) is 0 Å². The van der Waals surface area contributed by atoms with E-state index in [1.165, 1.54) is 25.8 Å². The Hall–Kier alpha value is -0.0800. The van der Waals surface area contributed by atoms with E-state index in [0.717, 1.165) is 19.4 Å². The van der Waals surface area contributed by atoms with E-state index < -0.39 is 0 Å². The van der Waals surface area contributed by atoms with E-state index in [0.29, 0.717) is 6.04 Å². The predicted molar refractivity (Wildman–Crippen MR) is 67.1 cm³/mol. The first-order valence-corrected chi connectivity index (χ1v) is 6.50. The van der Waals surface area contributed by atoms with Gasteiger partial charge in [0, 0.05) is 6.04 Å². The summed E-state index contributed by atoms with van der Waals surface area (Å²) in [4.78, 5) is 2.53. The third kappa shape index (κ3) is 8.88. The molecule has 0 aliphatic carbocycles. The molecule has 2 heteroatoms. The van der Waals surface area contributed by atoms with Gasteiger partial charge in [-0.2, -0.15) is 0 Å². The second-order valence-electron chi connectivity index (χ2n) is 4.83. The zero-order valence-electron chi connectivity index (χ0n) is 11.0. The van der Waals surface area contributed by atoms with Gasteiger partial charge >= 0.3 is 0 Å². The van der Waals surface area contributed by atoms with Gasteiger partial charge < -0.3 is 10.0 Å². The van der Waals surface area contributed by atoms with Crippen molar-refractivity contribution in [1.82, 2.24) is 4.90 Å². The molecule has 0 spiro atoms. The third-order valence-electron chi connectivity index (χ3n) is 2.85. The molecule has 0 radical (unpaired) electrons. The first kappa shape index (κ1) is 14.9. The fourth-order valence-corrected chi connectivity index (χ4v) is 1.78. The molecule has 92 valence electrons. The molecule has 1 atom stereocenters. The molecule has 2 nitrogen and oxygen atoms in total. The molecule has 15 heavy (non-hydrogen) atoms. The van der Waals surface area contributed by atoms with Gasteiger partial charge in [-0.05, 0) is 53.1 Å². The molecule has 0 aromatic carbocycles.